The number of hydrogen-bond donors (Lipinski definition) is 1. The first kappa shape index (κ1) is 12.8. The Morgan fingerprint density at radius 2 is 2.05 bits per heavy atom. The Balaban J connectivity index is 1.98. The molecule has 1 fully saturated rings. The van der Waals surface area contributed by atoms with Gasteiger partial charge in [0.2, 0.25) is 5.88 Å². The third kappa shape index (κ3) is 2.42. The lowest BCUT2D eigenvalue weighted by Crippen LogP contribution is -2.36. The van der Waals surface area contributed by atoms with Crippen molar-refractivity contribution in [2.75, 3.05) is 44.0 Å². The molecule has 0 saturated carbocycles. The van der Waals surface area contributed by atoms with Gasteiger partial charge in [0.05, 0.1) is 20.3 Å². The smallest absolute Gasteiger partial charge is 0.222 e. The third-order valence-electron chi connectivity index (χ3n) is 3.36. The Labute approximate surface area is 117 Å². The first-order chi connectivity index (χ1) is 9.78. The molecule has 0 aliphatic carbocycles. The molecule has 0 atom stereocenters. The summed E-state index contributed by atoms with van der Waals surface area (Å²) in [6, 6.07) is 7.71. The van der Waals surface area contributed by atoms with Gasteiger partial charge in [0.1, 0.15) is 11.4 Å². The number of morpholine rings is 1. The Morgan fingerprint density at radius 1 is 1.25 bits per heavy atom. The maximum Gasteiger partial charge on any atom is 0.222 e. The highest BCUT2D eigenvalue weighted by Gasteiger charge is 2.16. The Morgan fingerprint density at radius 3 is 2.70 bits per heavy atom. The number of ether oxygens (including phenoxy) is 2. The Kier molecular flexibility index (Phi) is 3.47. The third-order valence-corrected chi connectivity index (χ3v) is 3.36. The van der Waals surface area contributed by atoms with Gasteiger partial charge in [-0.1, -0.05) is 5.16 Å². The predicted octanol–water partition coefficient (Wildman–Crippen LogP) is 1.77. The molecule has 0 unspecified atom stereocenters. The van der Waals surface area contributed by atoms with E-state index in [9.17, 15) is 0 Å². The van der Waals surface area contributed by atoms with E-state index < -0.39 is 0 Å². The number of nitrogens with zero attached hydrogens (tertiary/aromatic N) is 2. The summed E-state index contributed by atoms with van der Waals surface area (Å²) in [6.45, 7) is 3.26. The average Bonchev–Trinajstić information content (AvgIpc) is 2.94. The summed E-state index contributed by atoms with van der Waals surface area (Å²) in [5.41, 5.74) is 8.26. The fraction of sp³-hybridized carbons (Fsp3) is 0.357. The molecule has 1 aromatic heterocycles. The van der Waals surface area contributed by atoms with Crippen LogP contribution in [-0.4, -0.2) is 38.6 Å². The van der Waals surface area contributed by atoms with Crippen LogP contribution >= 0.6 is 0 Å². The zero-order valence-electron chi connectivity index (χ0n) is 11.3. The van der Waals surface area contributed by atoms with Crippen LogP contribution in [0.1, 0.15) is 0 Å². The number of anilines is 2. The first-order valence-corrected chi connectivity index (χ1v) is 6.51. The molecule has 1 aliphatic rings. The maximum atomic E-state index is 5.59. The molecule has 6 heteroatoms. The number of nitrogens with two attached hydrogens (primary N) is 1. The van der Waals surface area contributed by atoms with E-state index in [-0.39, 0.29) is 0 Å². The molecule has 2 N–H and O–H groups in total. The van der Waals surface area contributed by atoms with Gasteiger partial charge in [-0.2, -0.15) is 0 Å². The highest BCUT2D eigenvalue weighted by molar-refractivity contribution is 5.73. The van der Waals surface area contributed by atoms with Crippen molar-refractivity contribution < 1.29 is 14.0 Å². The van der Waals surface area contributed by atoms with Gasteiger partial charge in [0, 0.05) is 30.4 Å². The lowest BCUT2D eigenvalue weighted by molar-refractivity contribution is 0.122. The summed E-state index contributed by atoms with van der Waals surface area (Å²) in [5, 5.41) is 3.96. The molecule has 2 aromatic rings. The monoisotopic (exact) mass is 275 g/mol. The van der Waals surface area contributed by atoms with Crippen LogP contribution in [-0.2, 0) is 4.74 Å². The molecule has 1 aromatic carbocycles. The standard InChI is InChI=1S/C14H17N3O3/c1-18-13-3-2-10(17-4-6-19-7-5-17)8-11(13)12-9-14(15)20-16-12/h2-3,8-9H,4-7,15H2,1H3. The molecule has 0 amide bonds. The molecular formula is C14H17N3O3. The molecule has 3 rings (SSSR count). The normalized spacial score (nSPS) is 15.3. The first-order valence-electron chi connectivity index (χ1n) is 6.51. The summed E-state index contributed by atoms with van der Waals surface area (Å²) in [5.74, 6) is 1.04. The SMILES string of the molecule is COc1ccc(N2CCOCC2)cc1-c1cc(N)on1. The minimum atomic E-state index is 0.291. The fourth-order valence-electron chi connectivity index (χ4n) is 2.33. The molecule has 0 radical (unpaired) electrons. The van der Waals surface area contributed by atoms with E-state index in [1.54, 1.807) is 13.2 Å². The second kappa shape index (κ2) is 5.42. The van der Waals surface area contributed by atoms with Crippen LogP contribution in [0.2, 0.25) is 0 Å². The van der Waals surface area contributed by atoms with Crippen LogP contribution in [0.4, 0.5) is 11.6 Å². The maximum absolute atomic E-state index is 5.59. The lowest BCUT2D eigenvalue weighted by Gasteiger charge is -2.29. The van der Waals surface area contributed by atoms with Crippen LogP contribution in [0, 0.1) is 0 Å². The number of hydrogen-bond acceptors (Lipinski definition) is 6. The van der Waals surface area contributed by atoms with Crippen molar-refractivity contribution in [2.45, 2.75) is 0 Å². The van der Waals surface area contributed by atoms with E-state index in [2.05, 4.69) is 10.1 Å². The van der Waals surface area contributed by atoms with E-state index in [0.717, 1.165) is 43.3 Å². The van der Waals surface area contributed by atoms with Crippen molar-refractivity contribution in [1.29, 1.82) is 0 Å². The summed E-state index contributed by atoms with van der Waals surface area (Å²) < 4.78 is 15.7. The van der Waals surface area contributed by atoms with Crippen LogP contribution < -0.4 is 15.4 Å². The summed E-state index contributed by atoms with van der Waals surface area (Å²) in [7, 11) is 1.64. The number of nitrogen functional groups attached to an aromatic ring is 1. The topological polar surface area (TPSA) is 73.8 Å². The van der Waals surface area contributed by atoms with Gasteiger partial charge in [-0.15, -0.1) is 0 Å². The fourth-order valence-corrected chi connectivity index (χ4v) is 2.33. The van der Waals surface area contributed by atoms with Gasteiger partial charge < -0.3 is 24.6 Å². The lowest BCUT2D eigenvalue weighted by atomic mass is 10.1. The summed E-state index contributed by atoms with van der Waals surface area (Å²) in [6.07, 6.45) is 0. The Bertz CT molecular complexity index is 591. The van der Waals surface area contributed by atoms with Crippen molar-refractivity contribution >= 4 is 11.6 Å². The zero-order chi connectivity index (χ0) is 13.9. The van der Waals surface area contributed by atoms with Crippen molar-refractivity contribution in [3.05, 3.63) is 24.3 Å². The van der Waals surface area contributed by atoms with Gasteiger partial charge in [0.25, 0.3) is 0 Å². The van der Waals surface area contributed by atoms with Crippen LogP contribution in [0.5, 0.6) is 5.75 Å². The van der Waals surface area contributed by atoms with Gasteiger partial charge in [-0.25, -0.2) is 0 Å². The average molecular weight is 275 g/mol. The highest BCUT2D eigenvalue weighted by atomic mass is 16.5. The number of benzene rings is 1. The minimum absolute atomic E-state index is 0.291. The highest BCUT2D eigenvalue weighted by Crippen LogP contribution is 2.34. The van der Waals surface area contributed by atoms with E-state index in [1.165, 1.54) is 0 Å². The number of aromatic nitrogens is 1. The summed E-state index contributed by atoms with van der Waals surface area (Å²) >= 11 is 0. The summed E-state index contributed by atoms with van der Waals surface area (Å²) in [4.78, 5) is 2.27. The largest absolute Gasteiger partial charge is 0.496 e. The van der Waals surface area contributed by atoms with Gasteiger partial charge in [0.15, 0.2) is 0 Å². The van der Waals surface area contributed by atoms with Gasteiger partial charge in [-0.05, 0) is 18.2 Å². The van der Waals surface area contributed by atoms with Crippen molar-refractivity contribution in [1.82, 2.24) is 5.16 Å². The van der Waals surface area contributed by atoms with Crippen molar-refractivity contribution in [3.63, 3.8) is 0 Å². The molecule has 106 valence electrons. The molecule has 0 spiro atoms. The van der Waals surface area contributed by atoms with E-state index in [0.29, 0.717) is 11.6 Å². The van der Waals surface area contributed by atoms with Gasteiger partial charge in [-0.3, -0.25) is 0 Å². The predicted molar refractivity (Wildman–Crippen MR) is 75.9 cm³/mol. The van der Waals surface area contributed by atoms with E-state index in [1.807, 2.05) is 18.2 Å². The van der Waals surface area contributed by atoms with Crippen LogP contribution in [0.3, 0.4) is 0 Å². The number of methoxy groups -OCH3 is 1. The zero-order valence-corrected chi connectivity index (χ0v) is 11.3. The molecule has 20 heavy (non-hydrogen) atoms. The second-order valence-corrected chi connectivity index (χ2v) is 4.60. The van der Waals surface area contributed by atoms with Crippen molar-refractivity contribution in [2.24, 2.45) is 0 Å². The van der Waals surface area contributed by atoms with Crippen LogP contribution in [0.25, 0.3) is 11.3 Å². The molecular weight excluding hydrogens is 258 g/mol. The molecule has 1 saturated heterocycles. The van der Waals surface area contributed by atoms with Gasteiger partial charge >= 0.3 is 0 Å². The molecule has 6 nitrogen and oxygen atoms in total. The molecule has 1 aliphatic heterocycles. The molecule has 2 heterocycles. The second-order valence-electron chi connectivity index (χ2n) is 4.60. The van der Waals surface area contributed by atoms with Crippen LogP contribution in [0.15, 0.2) is 28.8 Å². The Hall–Kier alpha value is -2.21. The van der Waals surface area contributed by atoms with Crippen molar-refractivity contribution in [3.8, 4) is 17.0 Å². The number of rotatable bonds is 3. The quantitative estimate of drug-likeness (QED) is 0.920. The van der Waals surface area contributed by atoms with E-state index in [4.69, 9.17) is 19.7 Å². The van der Waals surface area contributed by atoms with E-state index >= 15 is 0 Å². The minimum Gasteiger partial charge on any atom is -0.496 e. The molecule has 0 bridgehead atoms.